The average molecular weight is 395 g/mol. The van der Waals surface area contributed by atoms with Crippen molar-refractivity contribution in [3.63, 3.8) is 0 Å². The van der Waals surface area contributed by atoms with Crippen LogP contribution in [0, 0.1) is 0 Å². The van der Waals surface area contributed by atoms with Gasteiger partial charge in [-0.2, -0.15) is 4.98 Å². The topological polar surface area (TPSA) is 56.3 Å². The van der Waals surface area contributed by atoms with Crippen molar-refractivity contribution in [3.8, 4) is 0 Å². The summed E-state index contributed by atoms with van der Waals surface area (Å²) in [5.74, 6) is 1.06. The number of rotatable bonds is 5. The van der Waals surface area contributed by atoms with Gasteiger partial charge in [0.2, 0.25) is 5.95 Å². The largest absolute Gasteiger partial charge is 0.369 e. The highest BCUT2D eigenvalue weighted by Crippen LogP contribution is 2.25. The predicted molar refractivity (Wildman–Crippen MR) is 116 cm³/mol. The Bertz CT molecular complexity index is 908. The Morgan fingerprint density at radius 2 is 1.54 bits per heavy atom. The fraction of sp³-hybridized carbons (Fsp3) is 0.238. The van der Waals surface area contributed by atoms with Gasteiger partial charge in [0.1, 0.15) is 5.02 Å². The SMILES string of the molecule is CN1CCN(c2ccc(Nc3ncc(Cl)c(Nc4ccccc4)n3)cc2)CC1. The third kappa shape index (κ3) is 4.52. The summed E-state index contributed by atoms with van der Waals surface area (Å²) >= 11 is 6.24. The molecular formula is C21H23ClN6. The first-order valence-corrected chi connectivity index (χ1v) is 9.70. The van der Waals surface area contributed by atoms with E-state index < -0.39 is 0 Å². The molecule has 0 aliphatic carbocycles. The van der Waals surface area contributed by atoms with Crippen molar-refractivity contribution in [3.05, 3.63) is 65.8 Å². The van der Waals surface area contributed by atoms with Gasteiger partial charge in [-0.15, -0.1) is 0 Å². The van der Waals surface area contributed by atoms with E-state index >= 15 is 0 Å². The standard InChI is InChI=1S/C21H23ClN6/c1-27-11-13-28(14-12-27)18-9-7-17(8-10-18)25-21-23-15-19(22)20(26-21)24-16-5-3-2-4-6-16/h2-10,15H,11-14H2,1H3,(H2,23,24,25,26). The van der Waals surface area contributed by atoms with E-state index in [2.05, 4.69) is 61.7 Å². The number of hydrogen-bond acceptors (Lipinski definition) is 6. The van der Waals surface area contributed by atoms with Gasteiger partial charge in [-0.1, -0.05) is 29.8 Å². The second-order valence-corrected chi connectivity index (χ2v) is 7.25. The molecule has 1 aliphatic heterocycles. The van der Waals surface area contributed by atoms with Crippen LogP contribution < -0.4 is 15.5 Å². The molecule has 144 valence electrons. The van der Waals surface area contributed by atoms with Gasteiger partial charge in [0.05, 0.1) is 6.20 Å². The number of hydrogen-bond donors (Lipinski definition) is 2. The Balaban J connectivity index is 1.44. The van der Waals surface area contributed by atoms with E-state index in [-0.39, 0.29) is 0 Å². The molecule has 1 saturated heterocycles. The van der Waals surface area contributed by atoms with E-state index in [0.29, 0.717) is 16.8 Å². The van der Waals surface area contributed by atoms with Crippen molar-refractivity contribution in [2.24, 2.45) is 0 Å². The highest BCUT2D eigenvalue weighted by atomic mass is 35.5. The molecule has 2 aromatic carbocycles. The smallest absolute Gasteiger partial charge is 0.229 e. The lowest BCUT2D eigenvalue weighted by atomic mass is 10.2. The third-order valence-corrected chi connectivity index (χ3v) is 5.05. The van der Waals surface area contributed by atoms with Crippen LogP contribution in [-0.4, -0.2) is 48.1 Å². The summed E-state index contributed by atoms with van der Waals surface area (Å²) in [6.07, 6.45) is 1.60. The van der Waals surface area contributed by atoms with Crippen LogP contribution in [0.15, 0.2) is 60.8 Å². The number of likely N-dealkylation sites (N-methyl/N-ethyl adjacent to an activating group) is 1. The Kier molecular flexibility index (Phi) is 5.60. The number of benzene rings is 2. The van der Waals surface area contributed by atoms with Crippen molar-refractivity contribution >= 4 is 40.4 Å². The van der Waals surface area contributed by atoms with Crippen LogP contribution in [-0.2, 0) is 0 Å². The van der Waals surface area contributed by atoms with Gasteiger partial charge in [0.15, 0.2) is 5.82 Å². The second-order valence-electron chi connectivity index (χ2n) is 6.84. The third-order valence-electron chi connectivity index (χ3n) is 4.77. The summed E-state index contributed by atoms with van der Waals surface area (Å²) in [4.78, 5) is 13.5. The number of para-hydroxylation sites is 1. The van der Waals surface area contributed by atoms with Gasteiger partial charge in [0, 0.05) is 43.2 Å². The summed E-state index contributed by atoms with van der Waals surface area (Å²) < 4.78 is 0. The van der Waals surface area contributed by atoms with Gasteiger partial charge >= 0.3 is 0 Å². The van der Waals surface area contributed by atoms with Crippen LogP contribution in [0.3, 0.4) is 0 Å². The zero-order chi connectivity index (χ0) is 19.3. The Hall–Kier alpha value is -2.83. The summed E-state index contributed by atoms with van der Waals surface area (Å²) in [7, 11) is 2.16. The number of piperazine rings is 1. The Labute approximate surface area is 170 Å². The van der Waals surface area contributed by atoms with Crippen LogP contribution in [0.5, 0.6) is 0 Å². The molecule has 1 aromatic heterocycles. The van der Waals surface area contributed by atoms with E-state index in [1.54, 1.807) is 6.20 Å². The second kappa shape index (κ2) is 8.46. The van der Waals surface area contributed by atoms with Crippen molar-refractivity contribution < 1.29 is 0 Å². The maximum absolute atomic E-state index is 6.24. The van der Waals surface area contributed by atoms with E-state index in [9.17, 15) is 0 Å². The zero-order valence-electron chi connectivity index (χ0n) is 15.8. The van der Waals surface area contributed by atoms with Crippen molar-refractivity contribution in [2.45, 2.75) is 0 Å². The minimum Gasteiger partial charge on any atom is -0.369 e. The quantitative estimate of drug-likeness (QED) is 0.670. The van der Waals surface area contributed by atoms with Gasteiger partial charge in [-0.25, -0.2) is 4.98 Å². The molecule has 0 bridgehead atoms. The molecule has 0 radical (unpaired) electrons. The Morgan fingerprint density at radius 3 is 2.25 bits per heavy atom. The van der Waals surface area contributed by atoms with Crippen LogP contribution in [0.25, 0.3) is 0 Å². The lowest BCUT2D eigenvalue weighted by Crippen LogP contribution is -2.44. The van der Waals surface area contributed by atoms with Gasteiger partial charge in [-0.05, 0) is 43.4 Å². The summed E-state index contributed by atoms with van der Waals surface area (Å²) in [6, 6.07) is 18.2. The zero-order valence-corrected chi connectivity index (χ0v) is 16.5. The highest BCUT2D eigenvalue weighted by Gasteiger charge is 2.14. The monoisotopic (exact) mass is 394 g/mol. The molecule has 2 N–H and O–H groups in total. The molecule has 0 atom stereocenters. The molecule has 2 heterocycles. The number of halogens is 1. The first kappa shape index (κ1) is 18.5. The fourth-order valence-electron chi connectivity index (χ4n) is 3.12. The summed E-state index contributed by atoms with van der Waals surface area (Å²) in [5.41, 5.74) is 3.10. The molecule has 4 rings (SSSR count). The fourth-order valence-corrected chi connectivity index (χ4v) is 3.26. The lowest BCUT2D eigenvalue weighted by molar-refractivity contribution is 0.313. The predicted octanol–water partition coefficient (Wildman–Crippen LogP) is 4.37. The lowest BCUT2D eigenvalue weighted by Gasteiger charge is -2.34. The molecule has 1 fully saturated rings. The molecule has 1 aliphatic rings. The average Bonchev–Trinajstić information content (AvgIpc) is 2.73. The van der Waals surface area contributed by atoms with Crippen LogP contribution >= 0.6 is 11.6 Å². The molecule has 6 nitrogen and oxygen atoms in total. The molecule has 3 aromatic rings. The van der Waals surface area contributed by atoms with E-state index in [0.717, 1.165) is 37.6 Å². The number of nitrogens with zero attached hydrogens (tertiary/aromatic N) is 4. The van der Waals surface area contributed by atoms with Crippen molar-refractivity contribution in [1.82, 2.24) is 14.9 Å². The molecule has 0 spiro atoms. The maximum atomic E-state index is 6.24. The first-order valence-electron chi connectivity index (χ1n) is 9.32. The number of aromatic nitrogens is 2. The number of anilines is 5. The van der Waals surface area contributed by atoms with E-state index in [4.69, 9.17) is 11.6 Å². The highest BCUT2D eigenvalue weighted by molar-refractivity contribution is 6.32. The van der Waals surface area contributed by atoms with E-state index in [1.807, 2.05) is 30.3 Å². The molecular weight excluding hydrogens is 372 g/mol. The van der Waals surface area contributed by atoms with Gasteiger partial charge in [-0.3, -0.25) is 0 Å². The minimum absolute atomic E-state index is 0.472. The molecule has 0 unspecified atom stereocenters. The minimum atomic E-state index is 0.472. The molecule has 0 amide bonds. The van der Waals surface area contributed by atoms with Crippen LogP contribution in [0.2, 0.25) is 5.02 Å². The van der Waals surface area contributed by atoms with Gasteiger partial charge < -0.3 is 20.4 Å². The maximum Gasteiger partial charge on any atom is 0.229 e. The van der Waals surface area contributed by atoms with E-state index in [1.165, 1.54) is 5.69 Å². The Morgan fingerprint density at radius 1 is 0.857 bits per heavy atom. The summed E-state index contributed by atoms with van der Waals surface area (Å²) in [6.45, 7) is 4.29. The van der Waals surface area contributed by atoms with Gasteiger partial charge in [0.25, 0.3) is 0 Å². The number of nitrogens with one attached hydrogen (secondary N) is 2. The normalized spacial score (nSPS) is 14.7. The molecule has 28 heavy (non-hydrogen) atoms. The molecule has 7 heteroatoms. The van der Waals surface area contributed by atoms with Crippen molar-refractivity contribution in [1.29, 1.82) is 0 Å². The first-order chi connectivity index (χ1) is 13.7. The van der Waals surface area contributed by atoms with Crippen LogP contribution in [0.4, 0.5) is 28.8 Å². The van der Waals surface area contributed by atoms with Crippen LogP contribution in [0.1, 0.15) is 0 Å². The molecule has 0 saturated carbocycles. The summed E-state index contributed by atoms with van der Waals surface area (Å²) in [5, 5.41) is 6.94. The van der Waals surface area contributed by atoms with Crippen molar-refractivity contribution in [2.75, 3.05) is 48.8 Å².